The van der Waals surface area contributed by atoms with Crippen LogP contribution in [0, 0.1) is 0 Å². The number of carboxylic acids is 1. The number of methoxy groups -OCH3 is 1. The number of para-hydroxylation sites is 1. The average molecular weight is 347 g/mol. The lowest BCUT2D eigenvalue weighted by atomic mass is 10.0. The molecule has 0 saturated carbocycles. The minimum atomic E-state index is -4.56. The first-order valence-electron chi connectivity index (χ1n) is 7.20. The zero-order chi connectivity index (χ0) is 18.2. The predicted molar refractivity (Wildman–Crippen MR) is 85.7 cm³/mol. The summed E-state index contributed by atoms with van der Waals surface area (Å²) >= 11 is 0. The predicted octanol–water partition coefficient (Wildman–Crippen LogP) is 4.63. The van der Waals surface area contributed by atoms with Crippen molar-refractivity contribution in [2.45, 2.75) is 6.18 Å². The van der Waals surface area contributed by atoms with Crippen molar-refractivity contribution in [3.05, 3.63) is 59.7 Å². The normalized spacial score (nSPS) is 11.5. The van der Waals surface area contributed by atoms with Crippen LogP contribution in [0.15, 0.2) is 48.5 Å². The maximum atomic E-state index is 12.9. The van der Waals surface area contributed by atoms with Gasteiger partial charge in [-0.3, -0.25) is 0 Å². The SMILES string of the molecule is COc1ccccc1-c1cc(C(=O)O)c2cc(C(F)(F)F)ccc2n1. The molecule has 0 aliphatic rings. The first-order chi connectivity index (χ1) is 11.8. The van der Waals surface area contributed by atoms with Crippen LogP contribution in [0.1, 0.15) is 15.9 Å². The number of carbonyl (C=O) groups is 1. The molecule has 7 heteroatoms. The van der Waals surface area contributed by atoms with Gasteiger partial charge in [0.2, 0.25) is 0 Å². The third kappa shape index (κ3) is 3.13. The number of benzene rings is 2. The van der Waals surface area contributed by atoms with E-state index < -0.39 is 17.7 Å². The third-order valence-corrected chi connectivity index (χ3v) is 3.75. The summed E-state index contributed by atoms with van der Waals surface area (Å²) in [5, 5.41) is 9.37. The van der Waals surface area contributed by atoms with Crippen LogP contribution in [-0.4, -0.2) is 23.2 Å². The van der Waals surface area contributed by atoms with Crippen molar-refractivity contribution in [1.82, 2.24) is 4.98 Å². The standard InChI is InChI=1S/C18H12F3NO3/c1-25-16-5-3-2-4-11(16)15-9-13(17(23)24)12-8-10(18(19,20)21)6-7-14(12)22-15/h2-9H,1H3,(H,23,24). The van der Waals surface area contributed by atoms with Crippen LogP contribution >= 0.6 is 0 Å². The quantitative estimate of drug-likeness (QED) is 0.751. The van der Waals surface area contributed by atoms with E-state index in [4.69, 9.17) is 4.74 Å². The molecule has 0 amide bonds. The summed E-state index contributed by atoms with van der Waals surface area (Å²) in [5.41, 5.74) is -0.156. The second-order valence-electron chi connectivity index (χ2n) is 5.29. The first kappa shape index (κ1) is 16.8. The van der Waals surface area contributed by atoms with Gasteiger partial charge in [0, 0.05) is 10.9 Å². The van der Waals surface area contributed by atoms with E-state index in [1.165, 1.54) is 19.2 Å². The molecule has 0 spiro atoms. The van der Waals surface area contributed by atoms with Gasteiger partial charge in [-0.25, -0.2) is 9.78 Å². The van der Waals surface area contributed by atoms with Crippen molar-refractivity contribution < 1.29 is 27.8 Å². The molecule has 1 aromatic heterocycles. The number of alkyl halides is 3. The van der Waals surface area contributed by atoms with E-state index in [1.54, 1.807) is 24.3 Å². The van der Waals surface area contributed by atoms with Gasteiger partial charge in [0.15, 0.2) is 0 Å². The smallest absolute Gasteiger partial charge is 0.416 e. The number of pyridine rings is 1. The Balaban J connectivity index is 2.29. The van der Waals surface area contributed by atoms with Gasteiger partial charge in [0.25, 0.3) is 0 Å². The summed E-state index contributed by atoms with van der Waals surface area (Å²) in [5.74, 6) is -0.847. The molecule has 2 aromatic carbocycles. The van der Waals surface area contributed by atoms with Crippen LogP contribution in [-0.2, 0) is 6.18 Å². The molecule has 0 saturated heterocycles. The average Bonchev–Trinajstić information content (AvgIpc) is 2.59. The van der Waals surface area contributed by atoms with E-state index in [0.717, 1.165) is 12.1 Å². The number of nitrogens with zero attached hydrogens (tertiary/aromatic N) is 1. The van der Waals surface area contributed by atoms with Gasteiger partial charge in [0.1, 0.15) is 5.75 Å². The van der Waals surface area contributed by atoms with Gasteiger partial charge in [0.05, 0.1) is 29.4 Å². The highest BCUT2D eigenvalue weighted by atomic mass is 19.4. The fraction of sp³-hybridized carbons (Fsp3) is 0.111. The lowest BCUT2D eigenvalue weighted by molar-refractivity contribution is -0.137. The Labute approximate surface area is 140 Å². The Morgan fingerprint density at radius 1 is 1.12 bits per heavy atom. The van der Waals surface area contributed by atoms with Crippen molar-refractivity contribution in [2.75, 3.05) is 7.11 Å². The molecular formula is C18H12F3NO3. The zero-order valence-corrected chi connectivity index (χ0v) is 13.0. The monoisotopic (exact) mass is 347 g/mol. The van der Waals surface area contributed by atoms with Crippen LogP contribution in [0.5, 0.6) is 5.75 Å². The van der Waals surface area contributed by atoms with Gasteiger partial charge in [-0.05, 0) is 36.4 Å². The number of aromatic nitrogens is 1. The Bertz CT molecular complexity index is 967. The van der Waals surface area contributed by atoms with Gasteiger partial charge < -0.3 is 9.84 Å². The maximum absolute atomic E-state index is 12.9. The maximum Gasteiger partial charge on any atom is 0.416 e. The van der Waals surface area contributed by atoms with Crippen LogP contribution < -0.4 is 4.74 Å². The van der Waals surface area contributed by atoms with E-state index in [0.29, 0.717) is 17.0 Å². The number of hydrogen-bond donors (Lipinski definition) is 1. The summed E-state index contributed by atoms with van der Waals surface area (Å²) in [7, 11) is 1.47. The minimum Gasteiger partial charge on any atom is -0.496 e. The summed E-state index contributed by atoms with van der Waals surface area (Å²) < 4.78 is 44.0. The van der Waals surface area contributed by atoms with Gasteiger partial charge in [-0.2, -0.15) is 13.2 Å². The molecule has 4 nitrogen and oxygen atoms in total. The molecule has 0 unspecified atom stereocenters. The lowest BCUT2D eigenvalue weighted by Crippen LogP contribution is -2.06. The second kappa shape index (κ2) is 6.08. The number of ether oxygens (including phenoxy) is 1. The van der Waals surface area contributed by atoms with Crippen LogP contribution in [0.3, 0.4) is 0 Å². The largest absolute Gasteiger partial charge is 0.496 e. The number of halogens is 3. The van der Waals surface area contributed by atoms with E-state index in [1.807, 2.05) is 0 Å². The topological polar surface area (TPSA) is 59.4 Å². The Morgan fingerprint density at radius 3 is 2.48 bits per heavy atom. The van der Waals surface area contributed by atoms with Crippen molar-refractivity contribution in [3.8, 4) is 17.0 Å². The number of hydrogen-bond acceptors (Lipinski definition) is 3. The summed E-state index contributed by atoms with van der Waals surface area (Å²) in [6, 6.07) is 11.0. The molecule has 0 aliphatic carbocycles. The molecule has 0 radical (unpaired) electrons. The highest BCUT2D eigenvalue weighted by Gasteiger charge is 2.31. The molecule has 128 valence electrons. The molecule has 1 heterocycles. The van der Waals surface area contributed by atoms with E-state index in [2.05, 4.69) is 4.98 Å². The number of carboxylic acid groups (broad SMARTS) is 1. The number of aromatic carboxylic acids is 1. The zero-order valence-electron chi connectivity index (χ0n) is 13.0. The molecule has 3 rings (SSSR count). The van der Waals surface area contributed by atoms with Crippen molar-refractivity contribution in [1.29, 1.82) is 0 Å². The van der Waals surface area contributed by atoms with Crippen LogP contribution in [0.25, 0.3) is 22.2 Å². The second-order valence-corrected chi connectivity index (χ2v) is 5.29. The Kier molecular flexibility index (Phi) is 4.08. The molecule has 0 atom stereocenters. The van der Waals surface area contributed by atoms with Gasteiger partial charge in [-0.1, -0.05) is 12.1 Å². The molecule has 25 heavy (non-hydrogen) atoms. The molecule has 0 bridgehead atoms. The molecule has 0 aliphatic heterocycles. The van der Waals surface area contributed by atoms with Crippen molar-refractivity contribution in [3.63, 3.8) is 0 Å². The molecule has 1 N–H and O–H groups in total. The fourth-order valence-electron chi connectivity index (χ4n) is 2.57. The van der Waals surface area contributed by atoms with E-state index in [-0.39, 0.29) is 16.5 Å². The van der Waals surface area contributed by atoms with Crippen LogP contribution in [0.4, 0.5) is 13.2 Å². The minimum absolute atomic E-state index is 0.0685. The summed E-state index contributed by atoms with van der Waals surface area (Å²) in [6.45, 7) is 0. The molecule has 3 aromatic rings. The molecular weight excluding hydrogens is 335 g/mol. The highest BCUT2D eigenvalue weighted by Crippen LogP contribution is 2.35. The first-order valence-corrected chi connectivity index (χ1v) is 7.20. The fourth-order valence-corrected chi connectivity index (χ4v) is 2.57. The Hall–Kier alpha value is -3.09. The van der Waals surface area contributed by atoms with E-state index >= 15 is 0 Å². The van der Waals surface area contributed by atoms with Crippen molar-refractivity contribution in [2.24, 2.45) is 0 Å². The third-order valence-electron chi connectivity index (χ3n) is 3.75. The molecule has 0 fully saturated rings. The summed E-state index contributed by atoms with van der Waals surface area (Å²) in [6.07, 6.45) is -4.56. The van der Waals surface area contributed by atoms with E-state index in [9.17, 15) is 23.1 Å². The Morgan fingerprint density at radius 2 is 1.84 bits per heavy atom. The van der Waals surface area contributed by atoms with Gasteiger partial charge >= 0.3 is 12.1 Å². The van der Waals surface area contributed by atoms with Crippen LogP contribution in [0.2, 0.25) is 0 Å². The van der Waals surface area contributed by atoms with Gasteiger partial charge in [-0.15, -0.1) is 0 Å². The number of fused-ring (bicyclic) bond motifs is 1. The lowest BCUT2D eigenvalue weighted by Gasteiger charge is -2.12. The summed E-state index contributed by atoms with van der Waals surface area (Å²) in [4.78, 5) is 15.9. The highest BCUT2D eigenvalue weighted by molar-refractivity contribution is 6.04. The number of rotatable bonds is 3. The van der Waals surface area contributed by atoms with Crippen molar-refractivity contribution >= 4 is 16.9 Å².